The highest BCUT2D eigenvalue weighted by molar-refractivity contribution is 5.80. The first-order valence-electron chi connectivity index (χ1n) is 8.06. The maximum Gasteiger partial charge on any atom is 0.410 e. The predicted octanol–water partition coefficient (Wildman–Crippen LogP) is 1.03. The molecule has 0 aliphatic carbocycles. The van der Waals surface area contributed by atoms with Crippen molar-refractivity contribution in [3.05, 3.63) is 35.9 Å². The Labute approximate surface area is 136 Å². The summed E-state index contributed by atoms with van der Waals surface area (Å²) in [6, 6.07) is 9.64. The highest BCUT2D eigenvalue weighted by Gasteiger charge is 2.35. The summed E-state index contributed by atoms with van der Waals surface area (Å²) < 4.78 is 5.33. The van der Waals surface area contributed by atoms with Gasteiger partial charge in [-0.05, 0) is 12.6 Å². The fourth-order valence-electron chi connectivity index (χ4n) is 3.03. The number of likely N-dealkylation sites (tertiary alicyclic amines) is 1. The molecule has 1 aromatic rings. The van der Waals surface area contributed by atoms with Crippen molar-refractivity contribution in [2.45, 2.75) is 6.61 Å². The van der Waals surface area contributed by atoms with E-state index in [0.29, 0.717) is 26.2 Å². The van der Waals surface area contributed by atoms with Gasteiger partial charge in [-0.15, -0.1) is 0 Å². The number of hydrogen-bond acceptors (Lipinski definition) is 4. The Morgan fingerprint density at radius 1 is 1.04 bits per heavy atom. The maximum atomic E-state index is 12.3. The Hall–Kier alpha value is -2.08. The molecule has 0 spiro atoms. The molecule has 2 aliphatic rings. The summed E-state index contributed by atoms with van der Waals surface area (Å²) >= 11 is 0. The predicted molar refractivity (Wildman–Crippen MR) is 85.8 cm³/mol. The van der Waals surface area contributed by atoms with Gasteiger partial charge < -0.3 is 19.4 Å². The van der Waals surface area contributed by atoms with Crippen LogP contribution in [-0.4, -0.2) is 73.0 Å². The molecule has 2 aliphatic heterocycles. The minimum absolute atomic E-state index is 0.136. The van der Waals surface area contributed by atoms with Crippen LogP contribution in [0.3, 0.4) is 0 Å². The molecule has 3 rings (SSSR count). The first-order valence-corrected chi connectivity index (χ1v) is 8.06. The van der Waals surface area contributed by atoms with E-state index in [4.69, 9.17) is 4.74 Å². The van der Waals surface area contributed by atoms with Gasteiger partial charge in [-0.2, -0.15) is 0 Å². The van der Waals surface area contributed by atoms with Crippen LogP contribution in [0.2, 0.25) is 0 Å². The molecular formula is C17H23N3O3. The van der Waals surface area contributed by atoms with Gasteiger partial charge in [0.2, 0.25) is 5.91 Å². The summed E-state index contributed by atoms with van der Waals surface area (Å²) in [5.74, 6) is 0.358. The Balaban J connectivity index is 1.41. The van der Waals surface area contributed by atoms with Crippen LogP contribution in [0.25, 0.3) is 0 Å². The first kappa shape index (κ1) is 15.8. The van der Waals surface area contributed by atoms with Crippen molar-refractivity contribution >= 4 is 12.0 Å². The lowest BCUT2D eigenvalue weighted by atomic mass is 9.99. The Morgan fingerprint density at radius 3 is 2.26 bits per heavy atom. The quantitative estimate of drug-likeness (QED) is 0.835. The SMILES string of the molecule is CN1CC(C(=O)N2CCN(C(=O)OCc3ccccc3)CC2)C1. The van der Waals surface area contributed by atoms with Crippen LogP contribution < -0.4 is 0 Å². The van der Waals surface area contributed by atoms with Gasteiger partial charge in [0, 0.05) is 39.3 Å². The van der Waals surface area contributed by atoms with Crippen molar-refractivity contribution < 1.29 is 14.3 Å². The average molecular weight is 317 g/mol. The van der Waals surface area contributed by atoms with Gasteiger partial charge in [0.1, 0.15) is 6.61 Å². The molecule has 0 unspecified atom stereocenters. The molecule has 2 fully saturated rings. The fourth-order valence-corrected chi connectivity index (χ4v) is 3.03. The molecule has 0 atom stereocenters. The molecule has 2 heterocycles. The van der Waals surface area contributed by atoms with Crippen molar-refractivity contribution in [1.29, 1.82) is 0 Å². The zero-order valence-electron chi connectivity index (χ0n) is 13.5. The lowest BCUT2D eigenvalue weighted by Crippen LogP contribution is -2.57. The number of hydrogen-bond donors (Lipinski definition) is 0. The van der Waals surface area contributed by atoms with Crippen LogP contribution in [0.1, 0.15) is 5.56 Å². The number of benzene rings is 1. The van der Waals surface area contributed by atoms with Crippen molar-refractivity contribution in [2.75, 3.05) is 46.3 Å². The van der Waals surface area contributed by atoms with Gasteiger partial charge in [0.05, 0.1) is 5.92 Å². The molecule has 2 amide bonds. The standard InChI is InChI=1S/C17H23N3O3/c1-18-11-15(12-18)16(21)19-7-9-20(10-8-19)17(22)23-13-14-5-3-2-4-6-14/h2-6,15H,7-13H2,1H3. The highest BCUT2D eigenvalue weighted by atomic mass is 16.6. The number of nitrogens with zero attached hydrogens (tertiary/aromatic N) is 3. The lowest BCUT2D eigenvalue weighted by molar-refractivity contribution is -0.142. The van der Waals surface area contributed by atoms with E-state index in [2.05, 4.69) is 4.90 Å². The second kappa shape index (κ2) is 7.00. The number of piperazine rings is 1. The molecule has 6 nitrogen and oxygen atoms in total. The van der Waals surface area contributed by atoms with E-state index in [1.54, 1.807) is 4.90 Å². The number of carbonyl (C=O) groups excluding carboxylic acids is 2. The van der Waals surface area contributed by atoms with Gasteiger partial charge in [-0.1, -0.05) is 30.3 Å². The van der Waals surface area contributed by atoms with Gasteiger partial charge in [-0.25, -0.2) is 4.79 Å². The summed E-state index contributed by atoms with van der Waals surface area (Å²) in [5, 5.41) is 0. The third-order valence-corrected chi connectivity index (χ3v) is 4.47. The van der Waals surface area contributed by atoms with Crippen LogP contribution in [0, 0.1) is 5.92 Å². The van der Waals surface area contributed by atoms with Crippen LogP contribution in [0.4, 0.5) is 4.79 Å². The van der Waals surface area contributed by atoms with E-state index < -0.39 is 0 Å². The molecular weight excluding hydrogens is 294 g/mol. The van der Waals surface area contributed by atoms with E-state index in [1.165, 1.54) is 0 Å². The fraction of sp³-hybridized carbons (Fsp3) is 0.529. The van der Waals surface area contributed by atoms with Crippen molar-refractivity contribution in [1.82, 2.24) is 14.7 Å². The molecule has 0 aromatic heterocycles. The van der Waals surface area contributed by atoms with Crippen LogP contribution >= 0.6 is 0 Å². The van der Waals surface area contributed by atoms with E-state index in [0.717, 1.165) is 18.7 Å². The second-order valence-electron chi connectivity index (χ2n) is 6.27. The topological polar surface area (TPSA) is 53.1 Å². The van der Waals surface area contributed by atoms with Crippen molar-refractivity contribution in [3.63, 3.8) is 0 Å². The Bertz CT molecular complexity index is 549. The van der Waals surface area contributed by atoms with Crippen LogP contribution in [0.5, 0.6) is 0 Å². The lowest BCUT2D eigenvalue weighted by Gasteiger charge is -2.41. The summed E-state index contributed by atoms with van der Waals surface area (Å²) in [5.41, 5.74) is 0.976. The molecule has 0 saturated carbocycles. The molecule has 2 saturated heterocycles. The second-order valence-corrected chi connectivity index (χ2v) is 6.27. The summed E-state index contributed by atoms with van der Waals surface area (Å²) in [7, 11) is 2.02. The van der Waals surface area contributed by atoms with Crippen LogP contribution in [-0.2, 0) is 16.1 Å². The van der Waals surface area contributed by atoms with E-state index in [9.17, 15) is 9.59 Å². The molecule has 0 bridgehead atoms. The van der Waals surface area contributed by atoms with Crippen molar-refractivity contribution in [2.24, 2.45) is 5.92 Å². The third kappa shape index (κ3) is 3.82. The minimum atomic E-state index is -0.302. The van der Waals surface area contributed by atoms with Gasteiger partial charge in [-0.3, -0.25) is 4.79 Å². The molecule has 0 N–H and O–H groups in total. The molecule has 1 aromatic carbocycles. The molecule has 6 heteroatoms. The first-order chi connectivity index (χ1) is 11.1. The Kier molecular flexibility index (Phi) is 4.81. The zero-order chi connectivity index (χ0) is 16.2. The summed E-state index contributed by atoms with van der Waals surface area (Å²) in [6.45, 7) is 4.26. The maximum absolute atomic E-state index is 12.3. The minimum Gasteiger partial charge on any atom is -0.445 e. The summed E-state index contributed by atoms with van der Waals surface area (Å²) in [4.78, 5) is 30.1. The number of rotatable bonds is 3. The monoisotopic (exact) mass is 317 g/mol. The highest BCUT2D eigenvalue weighted by Crippen LogP contribution is 2.17. The summed E-state index contributed by atoms with van der Waals surface area (Å²) in [6.07, 6.45) is -0.302. The van der Waals surface area contributed by atoms with Crippen molar-refractivity contribution in [3.8, 4) is 0 Å². The molecule has 0 radical (unpaired) electrons. The average Bonchev–Trinajstić information content (AvgIpc) is 2.57. The number of carbonyl (C=O) groups is 2. The van der Waals surface area contributed by atoms with Gasteiger partial charge in [0.25, 0.3) is 0 Å². The van der Waals surface area contributed by atoms with Crippen LogP contribution in [0.15, 0.2) is 30.3 Å². The molecule has 23 heavy (non-hydrogen) atoms. The van der Waals surface area contributed by atoms with Gasteiger partial charge >= 0.3 is 6.09 Å². The van der Waals surface area contributed by atoms with Gasteiger partial charge in [0.15, 0.2) is 0 Å². The van der Waals surface area contributed by atoms with E-state index in [-0.39, 0.29) is 24.5 Å². The smallest absolute Gasteiger partial charge is 0.410 e. The largest absolute Gasteiger partial charge is 0.445 e. The van der Waals surface area contributed by atoms with E-state index >= 15 is 0 Å². The number of ether oxygens (including phenoxy) is 1. The zero-order valence-corrected chi connectivity index (χ0v) is 13.5. The Morgan fingerprint density at radius 2 is 1.65 bits per heavy atom. The number of amides is 2. The van der Waals surface area contributed by atoms with E-state index in [1.807, 2.05) is 42.3 Å². The normalized spacial score (nSPS) is 19.3. The molecule has 124 valence electrons. The third-order valence-electron chi connectivity index (χ3n) is 4.47.